The van der Waals surface area contributed by atoms with E-state index in [-0.39, 0.29) is 11.8 Å². The van der Waals surface area contributed by atoms with Crippen molar-refractivity contribution in [1.29, 1.82) is 0 Å². The van der Waals surface area contributed by atoms with Gasteiger partial charge in [0.2, 0.25) is 5.72 Å². The van der Waals surface area contributed by atoms with E-state index in [1.807, 2.05) is 37.3 Å². The Bertz CT molecular complexity index is 950. The molecule has 5 rings (SSSR count). The van der Waals surface area contributed by atoms with Gasteiger partial charge in [-0.25, -0.2) is 5.01 Å². The third kappa shape index (κ3) is 2.94. The number of hydrazone groups is 1. The smallest absolute Gasteiger partial charge is 0.200 e. The largest absolute Gasteiger partial charge is 0.507 e. The lowest BCUT2D eigenvalue weighted by Crippen LogP contribution is -2.58. The predicted molar refractivity (Wildman–Crippen MR) is 112 cm³/mol. The summed E-state index contributed by atoms with van der Waals surface area (Å²) in [4.78, 5) is 2.33. The Balaban J connectivity index is 1.61. The van der Waals surface area contributed by atoms with E-state index in [1.54, 1.807) is 6.07 Å². The summed E-state index contributed by atoms with van der Waals surface area (Å²) < 4.78 is 12.6. The molecule has 29 heavy (non-hydrogen) atoms. The number of phenolic OH excluding ortho intramolecular Hbond substituents is 1. The first-order chi connectivity index (χ1) is 14.1. The zero-order valence-electron chi connectivity index (χ0n) is 17.0. The molecule has 2 aromatic carbocycles. The fourth-order valence-electron chi connectivity index (χ4n) is 4.72. The van der Waals surface area contributed by atoms with Crippen LogP contribution in [0.2, 0.25) is 0 Å². The van der Waals surface area contributed by atoms with E-state index in [4.69, 9.17) is 14.6 Å². The number of rotatable bonds is 3. The second-order valence-corrected chi connectivity index (χ2v) is 8.09. The minimum Gasteiger partial charge on any atom is -0.507 e. The van der Waals surface area contributed by atoms with Gasteiger partial charge in [0.25, 0.3) is 0 Å². The van der Waals surface area contributed by atoms with E-state index in [9.17, 15) is 5.11 Å². The number of piperidine rings is 1. The van der Waals surface area contributed by atoms with Gasteiger partial charge in [0, 0.05) is 43.5 Å². The maximum absolute atomic E-state index is 10.4. The normalized spacial score (nSPS) is 22.6. The van der Waals surface area contributed by atoms with Crippen molar-refractivity contribution >= 4 is 5.71 Å². The van der Waals surface area contributed by atoms with Crippen LogP contribution in [0.5, 0.6) is 17.2 Å². The van der Waals surface area contributed by atoms with Crippen LogP contribution >= 0.6 is 0 Å². The lowest BCUT2D eigenvalue weighted by atomic mass is 9.90. The molecular formula is C23H27N3O3. The number of nitrogens with zero attached hydrogens (tertiary/aromatic N) is 3. The monoisotopic (exact) mass is 393 g/mol. The minimum absolute atomic E-state index is 0.0807. The predicted octanol–water partition coefficient (Wildman–Crippen LogP) is 3.76. The highest BCUT2D eigenvalue weighted by Crippen LogP contribution is 2.52. The first-order valence-corrected chi connectivity index (χ1v) is 10.4. The van der Waals surface area contributed by atoms with Crippen molar-refractivity contribution in [3.63, 3.8) is 0 Å². The molecule has 6 heteroatoms. The highest BCUT2D eigenvalue weighted by Gasteiger charge is 2.52. The third-order valence-electron chi connectivity index (χ3n) is 6.27. The van der Waals surface area contributed by atoms with Crippen molar-refractivity contribution < 1.29 is 14.6 Å². The molecule has 3 heterocycles. The molecule has 1 saturated heterocycles. The number of phenols is 1. The van der Waals surface area contributed by atoms with Crippen LogP contribution in [0.1, 0.15) is 43.4 Å². The van der Waals surface area contributed by atoms with Gasteiger partial charge >= 0.3 is 0 Å². The van der Waals surface area contributed by atoms with E-state index < -0.39 is 5.72 Å². The van der Waals surface area contributed by atoms with Gasteiger partial charge < -0.3 is 19.5 Å². The average molecular weight is 393 g/mol. The van der Waals surface area contributed by atoms with Gasteiger partial charge in [-0.1, -0.05) is 24.3 Å². The van der Waals surface area contributed by atoms with Crippen LogP contribution in [0.4, 0.5) is 0 Å². The number of hydrogen-bond acceptors (Lipinski definition) is 6. The molecule has 3 aliphatic rings. The molecule has 1 spiro atoms. The number of fused-ring (bicyclic) bond motifs is 4. The lowest BCUT2D eigenvalue weighted by molar-refractivity contribution is -0.148. The Morgan fingerprint density at radius 2 is 1.97 bits per heavy atom. The molecule has 1 fully saturated rings. The summed E-state index contributed by atoms with van der Waals surface area (Å²) in [6, 6.07) is 13.6. The maximum atomic E-state index is 10.4. The molecule has 0 saturated carbocycles. The van der Waals surface area contributed by atoms with Gasteiger partial charge in [0.1, 0.15) is 5.75 Å². The van der Waals surface area contributed by atoms with E-state index in [0.29, 0.717) is 6.61 Å². The van der Waals surface area contributed by atoms with Crippen molar-refractivity contribution in [2.75, 3.05) is 26.7 Å². The van der Waals surface area contributed by atoms with Crippen LogP contribution in [0.15, 0.2) is 47.6 Å². The summed E-state index contributed by atoms with van der Waals surface area (Å²) in [5.41, 5.74) is 2.33. The molecule has 1 unspecified atom stereocenters. The lowest BCUT2D eigenvalue weighted by Gasteiger charge is -2.51. The molecule has 0 aliphatic carbocycles. The van der Waals surface area contributed by atoms with Crippen molar-refractivity contribution in [1.82, 2.24) is 9.91 Å². The van der Waals surface area contributed by atoms with E-state index in [2.05, 4.69) is 23.0 Å². The Morgan fingerprint density at radius 1 is 1.17 bits per heavy atom. The van der Waals surface area contributed by atoms with E-state index in [1.165, 1.54) is 0 Å². The third-order valence-corrected chi connectivity index (χ3v) is 6.27. The number of hydrogen-bond donors (Lipinski definition) is 1. The van der Waals surface area contributed by atoms with Gasteiger partial charge in [0.15, 0.2) is 11.5 Å². The summed E-state index contributed by atoms with van der Waals surface area (Å²) in [5, 5.41) is 17.6. The molecule has 0 bridgehead atoms. The van der Waals surface area contributed by atoms with Crippen LogP contribution in [-0.4, -0.2) is 53.2 Å². The second kappa shape index (κ2) is 6.95. The fraction of sp³-hybridized carbons (Fsp3) is 0.435. The topological polar surface area (TPSA) is 57.5 Å². The molecule has 3 aliphatic heterocycles. The zero-order valence-corrected chi connectivity index (χ0v) is 17.0. The van der Waals surface area contributed by atoms with Gasteiger partial charge in [-0.2, -0.15) is 5.10 Å². The number of para-hydroxylation sites is 2. The number of aromatic hydroxyl groups is 1. The molecule has 0 amide bonds. The molecule has 1 N–H and O–H groups in total. The van der Waals surface area contributed by atoms with Crippen LogP contribution in [0.25, 0.3) is 0 Å². The van der Waals surface area contributed by atoms with Gasteiger partial charge in [-0.15, -0.1) is 0 Å². The summed E-state index contributed by atoms with van der Waals surface area (Å²) >= 11 is 0. The molecule has 2 aromatic rings. The quantitative estimate of drug-likeness (QED) is 0.861. The molecule has 0 radical (unpaired) electrons. The number of likely N-dealkylation sites (tertiary alicyclic amines) is 1. The highest BCUT2D eigenvalue weighted by atomic mass is 16.6. The molecular weight excluding hydrogens is 366 g/mol. The van der Waals surface area contributed by atoms with Gasteiger partial charge in [0.05, 0.1) is 18.4 Å². The van der Waals surface area contributed by atoms with Crippen molar-refractivity contribution in [3.05, 3.63) is 53.6 Å². The zero-order chi connectivity index (χ0) is 20.0. The second-order valence-electron chi connectivity index (χ2n) is 8.09. The van der Waals surface area contributed by atoms with Crippen LogP contribution < -0.4 is 9.47 Å². The number of ether oxygens (including phenoxy) is 2. The maximum Gasteiger partial charge on any atom is 0.200 e. The van der Waals surface area contributed by atoms with Crippen molar-refractivity contribution in [2.24, 2.45) is 5.10 Å². The van der Waals surface area contributed by atoms with E-state index in [0.717, 1.165) is 60.7 Å². The number of benzene rings is 2. The average Bonchev–Trinajstić information content (AvgIpc) is 3.18. The Hall–Kier alpha value is -2.73. The standard InChI is InChI=1S/C23H27N3O3/c1-3-28-21-10-6-8-17-19-15-18(16-7-4-5-9-20(16)27)24-26(19)23(29-22(17)21)11-13-25(2)14-12-23/h4-10,19,27H,3,11-15H2,1-2H3. The molecule has 0 aromatic heterocycles. The van der Waals surface area contributed by atoms with Crippen LogP contribution in [0, 0.1) is 0 Å². The summed E-state index contributed by atoms with van der Waals surface area (Å²) in [7, 11) is 2.15. The minimum atomic E-state index is -0.483. The van der Waals surface area contributed by atoms with E-state index >= 15 is 0 Å². The van der Waals surface area contributed by atoms with Crippen molar-refractivity contribution in [3.8, 4) is 17.2 Å². The Morgan fingerprint density at radius 3 is 2.72 bits per heavy atom. The molecule has 6 nitrogen and oxygen atoms in total. The van der Waals surface area contributed by atoms with Crippen LogP contribution in [0.3, 0.4) is 0 Å². The first-order valence-electron chi connectivity index (χ1n) is 10.4. The van der Waals surface area contributed by atoms with Crippen LogP contribution in [-0.2, 0) is 0 Å². The van der Waals surface area contributed by atoms with Crippen molar-refractivity contribution in [2.45, 2.75) is 38.0 Å². The molecule has 152 valence electrons. The van der Waals surface area contributed by atoms with Gasteiger partial charge in [-0.3, -0.25) is 0 Å². The highest BCUT2D eigenvalue weighted by molar-refractivity contribution is 6.04. The summed E-state index contributed by atoms with van der Waals surface area (Å²) in [6.45, 7) is 4.51. The van der Waals surface area contributed by atoms with Gasteiger partial charge in [-0.05, 0) is 32.2 Å². The fourth-order valence-corrected chi connectivity index (χ4v) is 4.72. The summed E-state index contributed by atoms with van der Waals surface area (Å²) in [5.74, 6) is 1.93. The SMILES string of the molecule is CCOc1cccc2c1OC1(CCN(C)CC1)N1N=C(c3ccccc3O)CC21. The Labute approximate surface area is 171 Å². The summed E-state index contributed by atoms with van der Waals surface area (Å²) in [6.07, 6.45) is 2.48. The Kier molecular flexibility index (Phi) is 4.39. The first kappa shape index (κ1) is 18.3. The molecule has 1 atom stereocenters.